The Morgan fingerprint density at radius 2 is 2.19 bits per heavy atom. The van der Waals surface area contributed by atoms with Crippen LogP contribution in [0.15, 0.2) is 10.3 Å². The van der Waals surface area contributed by atoms with E-state index in [2.05, 4.69) is 20.5 Å². The summed E-state index contributed by atoms with van der Waals surface area (Å²) < 4.78 is 4.77. The quantitative estimate of drug-likeness (QED) is 0.141. The summed E-state index contributed by atoms with van der Waals surface area (Å²) in [7, 11) is 2.68. The highest BCUT2D eigenvalue weighted by molar-refractivity contribution is 6.01. The first-order valence-corrected chi connectivity index (χ1v) is 4.48. The summed E-state index contributed by atoms with van der Waals surface area (Å²) >= 11 is 0. The molecule has 0 aromatic carbocycles. The van der Waals surface area contributed by atoms with Gasteiger partial charge in [0.15, 0.2) is 0 Å². The van der Waals surface area contributed by atoms with Gasteiger partial charge < -0.3 is 15.3 Å². The second-order valence-electron chi connectivity index (χ2n) is 3.53. The molecule has 0 rings (SSSR count). The Balaban J connectivity index is 5.40. The van der Waals surface area contributed by atoms with Gasteiger partial charge in [0.25, 0.3) is 0 Å². The zero-order valence-corrected chi connectivity index (χ0v) is 9.63. The summed E-state index contributed by atoms with van der Waals surface area (Å²) in [6, 6.07) is 0. The van der Waals surface area contributed by atoms with Crippen molar-refractivity contribution < 1.29 is 14.7 Å². The maximum absolute atomic E-state index is 11.6. The maximum Gasteiger partial charge on any atom is 0.238 e. The van der Waals surface area contributed by atoms with Crippen LogP contribution in [0.3, 0.4) is 0 Å². The molecule has 8 nitrogen and oxygen atoms in total. The first-order valence-electron chi connectivity index (χ1n) is 4.48. The Morgan fingerprint density at radius 3 is 2.50 bits per heavy atom. The molecule has 16 heavy (non-hydrogen) atoms. The van der Waals surface area contributed by atoms with E-state index in [9.17, 15) is 4.79 Å². The first kappa shape index (κ1) is 14.1. The van der Waals surface area contributed by atoms with E-state index in [4.69, 9.17) is 15.5 Å². The van der Waals surface area contributed by atoms with E-state index in [1.807, 2.05) is 0 Å². The molecule has 0 saturated carbocycles. The number of methoxy groups -OCH3 is 1. The van der Waals surface area contributed by atoms with Gasteiger partial charge in [0.05, 0.1) is 12.6 Å². The standard InChI is InChI=1S/C8H15N5O3/c1-8(2,12-13-9)5(6(14)10-3)7(11-15)16-4/h5,15H,1-4H3,(H,10,14)/b11-7-. The Morgan fingerprint density at radius 1 is 1.62 bits per heavy atom. The van der Waals surface area contributed by atoms with Crippen LogP contribution in [0.2, 0.25) is 0 Å². The predicted octanol–water partition coefficient (Wildman–Crippen LogP) is 0.872. The van der Waals surface area contributed by atoms with Crippen LogP contribution >= 0.6 is 0 Å². The molecule has 0 aliphatic carbocycles. The van der Waals surface area contributed by atoms with Crippen LogP contribution in [-0.4, -0.2) is 36.7 Å². The molecular weight excluding hydrogens is 214 g/mol. The monoisotopic (exact) mass is 229 g/mol. The molecule has 1 atom stereocenters. The fraction of sp³-hybridized carbons (Fsp3) is 0.750. The average molecular weight is 229 g/mol. The van der Waals surface area contributed by atoms with Gasteiger partial charge in [0.1, 0.15) is 5.92 Å². The normalized spacial score (nSPS) is 13.6. The van der Waals surface area contributed by atoms with Gasteiger partial charge in [-0.15, -0.1) is 0 Å². The van der Waals surface area contributed by atoms with Crippen molar-refractivity contribution in [3.05, 3.63) is 10.4 Å². The van der Waals surface area contributed by atoms with Gasteiger partial charge in [-0.05, 0) is 5.53 Å². The summed E-state index contributed by atoms with van der Waals surface area (Å²) in [5, 5.41) is 17.5. The minimum absolute atomic E-state index is 0.211. The third-order valence-electron chi connectivity index (χ3n) is 2.07. The summed E-state index contributed by atoms with van der Waals surface area (Å²) in [6.45, 7) is 3.08. The van der Waals surface area contributed by atoms with Crippen molar-refractivity contribution in [2.24, 2.45) is 16.2 Å². The zero-order valence-electron chi connectivity index (χ0n) is 9.63. The Bertz CT molecular complexity index is 333. The molecule has 0 bridgehead atoms. The van der Waals surface area contributed by atoms with Gasteiger partial charge in [-0.1, -0.05) is 24.1 Å². The van der Waals surface area contributed by atoms with Crippen molar-refractivity contribution in [2.45, 2.75) is 19.4 Å². The van der Waals surface area contributed by atoms with Crippen molar-refractivity contribution in [1.29, 1.82) is 0 Å². The molecule has 0 aliphatic rings. The third-order valence-corrected chi connectivity index (χ3v) is 2.07. The number of rotatable bonds is 4. The summed E-state index contributed by atoms with van der Waals surface area (Å²) in [5.74, 6) is -1.67. The molecule has 0 aromatic rings. The van der Waals surface area contributed by atoms with Gasteiger partial charge in [-0.3, -0.25) is 4.79 Å². The Kier molecular flexibility index (Phi) is 5.11. The second kappa shape index (κ2) is 5.82. The van der Waals surface area contributed by atoms with Crippen molar-refractivity contribution >= 4 is 11.8 Å². The molecule has 0 aromatic heterocycles. The number of nitrogens with one attached hydrogen (secondary N) is 1. The lowest BCUT2D eigenvalue weighted by molar-refractivity contribution is -0.124. The lowest BCUT2D eigenvalue weighted by atomic mass is 9.87. The van der Waals surface area contributed by atoms with E-state index in [1.54, 1.807) is 0 Å². The Labute approximate surface area is 92.9 Å². The molecule has 1 amide bonds. The van der Waals surface area contributed by atoms with Crippen molar-refractivity contribution in [3.8, 4) is 0 Å². The zero-order chi connectivity index (χ0) is 12.8. The lowest BCUT2D eigenvalue weighted by Gasteiger charge is -2.27. The van der Waals surface area contributed by atoms with E-state index in [0.29, 0.717) is 0 Å². The fourth-order valence-electron chi connectivity index (χ4n) is 1.27. The topological polar surface area (TPSA) is 120 Å². The first-order chi connectivity index (χ1) is 7.44. The van der Waals surface area contributed by atoms with Crippen molar-refractivity contribution in [3.63, 3.8) is 0 Å². The second-order valence-corrected chi connectivity index (χ2v) is 3.53. The van der Waals surface area contributed by atoms with Crippen LogP contribution in [0.4, 0.5) is 0 Å². The van der Waals surface area contributed by atoms with Crippen LogP contribution in [0.1, 0.15) is 13.8 Å². The summed E-state index contributed by atoms with van der Waals surface area (Å²) in [5.41, 5.74) is 7.31. The number of carbonyl (C=O) groups is 1. The van der Waals surface area contributed by atoms with Crippen LogP contribution in [0, 0.1) is 5.92 Å². The van der Waals surface area contributed by atoms with Gasteiger partial charge >= 0.3 is 0 Å². The number of carbonyl (C=O) groups excluding carboxylic acids is 1. The molecule has 0 fully saturated rings. The average Bonchev–Trinajstić information content (AvgIpc) is 2.24. The molecular formula is C8H15N5O3. The van der Waals surface area contributed by atoms with Crippen molar-refractivity contribution in [1.82, 2.24) is 5.32 Å². The van der Waals surface area contributed by atoms with E-state index in [1.165, 1.54) is 28.0 Å². The van der Waals surface area contributed by atoms with Crippen LogP contribution < -0.4 is 5.32 Å². The van der Waals surface area contributed by atoms with Gasteiger partial charge in [-0.25, -0.2) is 0 Å². The highest BCUT2D eigenvalue weighted by Crippen LogP contribution is 2.24. The van der Waals surface area contributed by atoms with E-state index >= 15 is 0 Å². The van der Waals surface area contributed by atoms with Gasteiger partial charge in [0.2, 0.25) is 11.8 Å². The van der Waals surface area contributed by atoms with Crippen LogP contribution in [-0.2, 0) is 9.53 Å². The number of hydrogen-bond donors (Lipinski definition) is 2. The highest BCUT2D eigenvalue weighted by atomic mass is 16.5. The number of amides is 1. The fourth-order valence-corrected chi connectivity index (χ4v) is 1.27. The molecule has 0 radical (unpaired) electrons. The van der Waals surface area contributed by atoms with Gasteiger partial charge in [0, 0.05) is 12.0 Å². The van der Waals surface area contributed by atoms with Crippen LogP contribution in [0.5, 0.6) is 0 Å². The molecule has 90 valence electrons. The molecule has 2 N–H and O–H groups in total. The highest BCUT2D eigenvalue weighted by Gasteiger charge is 2.39. The summed E-state index contributed by atoms with van der Waals surface area (Å²) in [6.07, 6.45) is 0. The largest absolute Gasteiger partial charge is 0.481 e. The van der Waals surface area contributed by atoms with E-state index in [-0.39, 0.29) is 5.90 Å². The molecule has 0 aliphatic heterocycles. The SMILES string of the molecule is CNC(=O)C(/C(=N/O)OC)C(C)(C)N=[N+]=[N-]. The number of nitrogens with zero attached hydrogens (tertiary/aromatic N) is 4. The molecule has 0 spiro atoms. The predicted molar refractivity (Wildman–Crippen MR) is 57.0 cm³/mol. The van der Waals surface area contributed by atoms with E-state index in [0.717, 1.165) is 0 Å². The minimum atomic E-state index is -1.10. The molecule has 1 unspecified atom stereocenters. The lowest BCUT2D eigenvalue weighted by Crippen LogP contribution is -2.46. The van der Waals surface area contributed by atoms with Crippen LogP contribution in [0.25, 0.3) is 10.4 Å². The smallest absolute Gasteiger partial charge is 0.238 e. The van der Waals surface area contributed by atoms with Gasteiger partial charge in [-0.2, -0.15) is 0 Å². The number of hydrogen-bond acceptors (Lipinski definition) is 5. The third kappa shape index (κ3) is 3.03. The number of azide groups is 1. The maximum atomic E-state index is 11.6. The van der Waals surface area contributed by atoms with Crippen molar-refractivity contribution in [2.75, 3.05) is 14.2 Å². The van der Waals surface area contributed by atoms with E-state index < -0.39 is 17.4 Å². The molecule has 0 saturated heterocycles. The summed E-state index contributed by atoms with van der Waals surface area (Å²) in [4.78, 5) is 14.3. The number of oxime groups is 1. The molecule has 8 heteroatoms. The molecule has 0 heterocycles. The Hall–Kier alpha value is -1.95. The number of ether oxygens (including phenoxy) is 1. The minimum Gasteiger partial charge on any atom is -0.481 e.